The van der Waals surface area contributed by atoms with Gasteiger partial charge in [0.15, 0.2) is 5.11 Å². The summed E-state index contributed by atoms with van der Waals surface area (Å²) in [6, 6.07) is 12.6. The molecule has 25 heavy (non-hydrogen) atoms. The maximum atomic E-state index is 6.36. The fourth-order valence-electron chi connectivity index (χ4n) is 3.15. The molecule has 0 radical (unpaired) electrons. The van der Waals surface area contributed by atoms with E-state index in [2.05, 4.69) is 47.2 Å². The zero-order chi connectivity index (χ0) is 18.0. The predicted octanol–water partition coefficient (Wildman–Crippen LogP) is 4.78. The monoisotopic (exact) mass is 373 g/mol. The van der Waals surface area contributed by atoms with E-state index in [4.69, 9.17) is 23.8 Å². The average Bonchev–Trinajstić information content (AvgIpc) is 2.61. The molecular weight excluding hydrogens is 350 g/mol. The molecule has 1 N–H and O–H groups in total. The molecule has 1 fully saturated rings. The smallest absolute Gasteiger partial charge is 0.173 e. The molecule has 3 rings (SSSR count). The predicted molar refractivity (Wildman–Crippen MR) is 112 cm³/mol. The van der Waals surface area contributed by atoms with Crippen LogP contribution < -0.4 is 10.2 Å². The molecule has 1 heterocycles. The quantitative estimate of drug-likeness (QED) is 0.763. The van der Waals surface area contributed by atoms with Gasteiger partial charge in [-0.3, -0.25) is 0 Å². The second-order valence-electron chi connectivity index (χ2n) is 6.63. The van der Waals surface area contributed by atoms with Crippen molar-refractivity contribution in [3.05, 3.63) is 58.1 Å². The number of rotatable bonds is 2. The summed E-state index contributed by atoms with van der Waals surface area (Å²) < 4.78 is 0. The Kier molecular flexibility index (Phi) is 5.50. The lowest BCUT2D eigenvalue weighted by Crippen LogP contribution is -2.50. The molecular formula is C20H24ClN3S. The van der Waals surface area contributed by atoms with Crippen molar-refractivity contribution in [1.82, 2.24) is 4.90 Å². The molecule has 2 aromatic rings. The van der Waals surface area contributed by atoms with E-state index < -0.39 is 0 Å². The lowest BCUT2D eigenvalue weighted by Gasteiger charge is -2.38. The summed E-state index contributed by atoms with van der Waals surface area (Å²) in [6.45, 7) is 10.1. The number of aryl methyl sites for hydroxylation is 3. The minimum absolute atomic E-state index is 0.735. The Hall–Kier alpha value is -1.78. The number of piperazine rings is 1. The van der Waals surface area contributed by atoms with Gasteiger partial charge in [0.25, 0.3) is 0 Å². The fraction of sp³-hybridized carbons (Fsp3) is 0.350. The molecule has 132 valence electrons. The number of thiocarbonyl (C=S) groups is 1. The third kappa shape index (κ3) is 4.07. The number of benzene rings is 2. The van der Waals surface area contributed by atoms with Crippen LogP contribution in [-0.2, 0) is 0 Å². The van der Waals surface area contributed by atoms with E-state index in [9.17, 15) is 0 Å². The zero-order valence-corrected chi connectivity index (χ0v) is 16.5. The molecule has 2 aromatic carbocycles. The summed E-state index contributed by atoms with van der Waals surface area (Å²) >= 11 is 12.0. The van der Waals surface area contributed by atoms with Crippen LogP contribution in [0.15, 0.2) is 36.4 Å². The van der Waals surface area contributed by atoms with E-state index in [1.807, 2.05) is 25.1 Å². The topological polar surface area (TPSA) is 18.5 Å². The number of halogens is 1. The molecule has 1 saturated heterocycles. The summed E-state index contributed by atoms with van der Waals surface area (Å²) in [4.78, 5) is 4.66. The summed E-state index contributed by atoms with van der Waals surface area (Å²) in [5.74, 6) is 0. The highest BCUT2D eigenvalue weighted by molar-refractivity contribution is 7.80. The highest BCUT2D eigenvalue weighted by atomic mass is 35.5. The van der Waals surface area contributed by atoms with Gasteiger partial charge in [0, 0.05) is 31.9 Å². The van der Waals surface area contributed by atoms with E-state index in [1.54, 1.807) is 0 Å². The van der Waals surface area contributed by atoms with Crippen molar-refractivity contribution in [3.63, 3.8) is 0 Å². The van der Waals surface area contributed by atoms with Gasteiger partial charge in [-0.05, 0) is 61.8 Å². The molecule has 0 aliphatic carbocycles. The first-order valence-electron chi connectivity index (χ1n) is 8.59. The number of hydrogen-bond acceptors (Lipinski definition) is 2. The van der Waals surface area contributed by atoms with Gasteiger partial charge < -0.3 is 15.1 Å². The summed E-state index contributed by atoms with van der Waals surface area (Å²) in [6.07, 6.45) is 0. The van der Waals surface area contributed by atoms with Crippen molar-refractivity contribution in [2.75, 3.05) is 36.4 Å². The molecule has 0 aromatic heterocycles. The molecule has 1 aliphatic rings. The maximum Gasteiger partial charge on any atom is 0.173 e. The van der Waals surface area contributed by atoms with Crippen LogP contribution in [0.2, 0.25) is 5.02 Å². The molecule has 1 aliphatic heterocycles. The van der Waals surface area contributed by atoms with Gasteiger partial charge in [-0.15, -0.1) is 0 Å². The third-order valence-corrected chi connectivity index (χ3v) is 5.57. The van der Waals surface area contributed by atoms with E-state index in [1.165, 1.54) is 16.8 Å². The van der Waals surface area contributed by atoms with Gasteiger partial charge in [-0.25, -0.2) is 0 Å². The largest absolute Gasteiger partial charge is 0.368 e. The number of nitrogens with zero attached hydrogens (tertiary/aromatic N) is 2. The Balaban J connectivity index is 1.63. The van der Waals surface area contributed by atoms with Crippen LogP contribution in [0, 0.1) is 20.8 Å². The van der Waals surface area contributed by atoms with Gasteiger partial charge in [0.1, 0.15) is 0 Å². The molecule has 3 nitrogen and oxygen atoms in total. The van der Waals surface area contributed by atoms with Crippen molar-refractivity contribution < 1.29 is 0 Å². The minimum Gasteiger partial charge on any atom is -0.368 e. The molecule has 0 spiro atoms. The lowest BCUT2D eigenvalue weighted by atomic mass is 10.1. The van der Waals surface area contributed by atoms with E-state index in [0.717, 1.165) is 47.6 Å². The molecule has 0 bridgehead atoms. The Morgan fingerprint density at radius 3 is 2.44 bits per heavy atom. The van der Waals surface area contributed by atoms with Crippen molar-refractivity contribution in [1.29, 1.82) is 0 Å². The molecule has 0 saturated carbocycles. The molecule has 0 amide bonds. The first-order valence-corrected chi connectivity index (χ1v) is 9.37. The molecule has 0 atom stereocenters. The molecule has 0 unspecified atom stereocenters. The summed E-state index contributed by atoms with van der Waals surface area (Å²) in [5.41, 5.74) is 5.89. The summed E-state index contributed by atoms with van der Waals surface area (Å²) in [5, 5.41) is 4.78. The van der Waals surface area contributed by atoms with Crippen LogP contribution in [-0.4, -0.2) is 36.2 Å². The van der Waals surface area contributed by atoms with Crippen molar-refractivity contribution >= 4 is 40.3 Å². The first kappa shape index (κ1) is 18.0. The van der Waals surface area contributed by atoms with Crippen LogP contribution in [0.3, 0.4) is 0 Å². The first-order chi connectivity index (χ1) is 12.0. The lowest BCUT2D eigenvalue weighted by molar-refractivity contribution is 0.390. The van der Waals surface area contributed by atoms with Crippen LogP contribution in [0.25, 0.3) is 0 Å². The van der Waals surface area contributed by atoms with Gasteiger partial charge in [-0.2, -0.15) is 0 Å². The van der Waals surface area contributed by atoms with E-state index >= 15 is 0 Å². The third-order valence-electron chi connectivity index (χ3n) is 4.71. The Labute approximate surface area is 160 Å². The summed E-state index contributed by atoms with van der Waals surface area (Å²) in [7, 11) is 0. The van der Waals surface area contributed by atoms with Crippen molar-refractivity contribution in [2.24, 2.45) is 0 Å². The highest BCUT2D eigenvalue weighted by Crippen LogP contribution is 2.26. The minimum atomic E-state index is 0.735. The number of anilines is 2. The SMILES string of the molecule is Cc1ccc(C)c(N2CCN(C(=S)Nc3cccc(C)c3Cl)CC2)c1. The Bertz CT molecular complexity index is 783. The standard InChI is InChI=1S/C20H24ClN3S/c1-14-7-8-15(2)18(13-14)23-9-11-24(12-10-23)20(25)22-17-6-4-5-16(3)19(17)21/h4-8,13H,9-12H2,1-3H3,(H,22,25). The van der Waals surface area contributed by atoms with Crippen LogP contribution in [0.1, 0.15) is 16.7 Å². The number of nitrogens with one attached hydrogen (secondary N) is 1. The van der Waals surface area contributed by atoms with Crippen molar-refractivity contribution in [3.8, 4) is 0 Å². The Morgan fingerprint density at radius 1 is 1.00 bits per heavy atom. The van der Waals surface area contributed by atoms with Gasteiger partial charge in [-0.1, -0.05) is 35.9 Å². The maximum absolute atomic E-state index is 6.36. The normalized spacial score (nSPS) is 14.6. The van der Waals surface area contributed by atoms with Gasteiger partial charge in [0.05, 0.1) is 10.7 Å². The van der Waals surface area contributed by atoms with Crippen LogP contribution in [0.5, 0.6) is 0 Å². The van der Waals surface area contributed by atoms with Gasteiger partial charge in [0.2, 0.25) is 0 Å². The fourth-order valence-corrected chi connectivity index (χ4v) is 3.61. The zero-order valence-electron chi connectivity index (χ0n) is 15.0. The van der Waals surface area contributed by atoms with Crippen LogP contribution in [0.4, 0.5) is 11.4 Å². The number of hydrogen-bond donors (Lipinski definition) is 1. The average molecular weight is 374 g/mol. The second-order valence-corrected chi connectivity index (χ2v) is 7.40. The second kappa shape index (κ2) is 7.63. The van der Waals surface area contributed by atoms with Gasteiger partial charge >= 0.3 is 0 Å². The molecule has 5 heteroatoms. The van der Waals surface area contributed by atoms with E-state index in [0.29, 0.717) is 0 Å². The Morgan fingerprint density at radius 2 is 1.72 bits per heavy atom. The van der Waals surface area contributed by atoms with Crippen molar-refractivity contribution in [2.45, 2.75) is 20.8 Å². The highest BCUT2D eigenvalue weighted by Gasteiger charge is 2.20. The van der Waals surface area contributed by atoms with Crippen LogP contribution >= 0.6 is 23.8 Å². The van der Waals surface area contributed by atoms with E-state index in [-0.39, 0.29) is 0 Å².